The smallest absolute Gasteiger partial charge is 0.286 e. The summed E-state index contributed by atoms with van der Waals surface area (Å²) in [6, 6.07) is 10.7. The van der Waals surface area contributed by atoms with Crippen LogP contribution in [0, 0.1) is 0 Å². The lowest BCUT2D eigenvalue weighted by molar-refractivity contribution is 0.0924. The van der Waals surface area contributed by atoms with E-state index in [0.717, 1.165) is 5.75 Å². The number of hydrogen-bond acceptors (Lipinski definition) is 4. The summed E-state index contributed by atoms with van der Waals surface area (Å²) in [6.45, 7) is 2.68. The first-order valence-electron chi connectivity index (χ1n) is 6.36. The van der Waals surface area contributed by atoms with Crippen molar-refractivity contribution < 1.29 is 18.7 Å². The molecular formula is C15H17NO4. The van der Waals surface area contributed by atoms with Gasteiger partial charge in [-0.15, -0.1) is 0 Å². The van der Waals surface area contributed by atoms with Crippen molar-refractivity contribution in [2.24, 2.45) is 0 Å². The number of carbonyl (C=O) groups is 1. The summed E-state index contributed by atoms with van der Waals surface area (Å²) < 4.78 is 16.1. The van der Waals surface area contributed by atoms with Crippen LogP contribution in [0.15, 0.2) is 40.8 Å². The van der Waals surface area contributed by atoms with Crippen LogP contribution in [0.25, 0.3) is 0 Å². The molecule has 2 aromatic rings. The lowest BCUT2D eigenvalue weighted by atomic mass is 10.3. The first-order chi connectivity index (χ1) is 9.72. The molecule has 0 bridgehead atoms. The number of methoxy groups -OCH3 is 1. The molecule has 2 rings (SSSR count). The van der Waals surface area contributed by atoms with E-state index in [1.807, 2.05) is 25.1 Å². The molecule has 0 spiro atoms. The number of amides is 1. The molecule has 1 aromatic heterocycles. The highest BCUT2D eigenvalue weighted by atomic mass is 16.5. The van der Waals surface area contributed by atoms with E-state index < -0.39 is 0 Å². The number of benzene rings is 1. The summed E-state index contributed by atoms with van der Waals surface area (Å²) in [4.78, 5) is 11.6. The zero-order valence-corrected chi connectivity index (χ0v) is 11.5. The van der Waals surface area contributed by atoms with Crippen molar-refractivity contribution in [1.29, 1.82) is 0 Å². The van der Waals surface area contributed by atoms with Crippen LogP contribution >= 0.6 is 0 Å². The van der Waals surface area contributed by atoms with Gasteiger partial charge in [0.15, 0.2) is 5.76 Å². The van der Waals surface area contributed by atoms with Crippen molar-refractivity contribution in [3.63, 3.8) is 0 Å². The standard InChI is InChI=1S/C15H17NO4/c1-3-16-15(17)14-8-7-13(20-14)10-19-12-6-4-5-11(9-12)18-2/h4-9H,3,10H2,1-2H3,(H,16,17). The second-order valence-corrected chi connectivity index (χ2v) is 4.09. The first kappa shape index (κ1) is 14.0. The van der Waals surface area contributed by atoms with Crippen molar-refractivity contribution in [3.05, 3.63) is 47.9 Å². The average Bonchev–Trinajstić information content (AvgIpc) is 2.94. The van der Waals surface area contributed by atoms with E-state index in [1.165, 1.54) is 0 Å². The van der Waals surface area contributed by atoms with Crippen LogP contribution in [0.1, 0.15) is 23.2 Å². The summed E-state index contributed by atoms with van der Waals surface area (Å²) in [7, 11) is 1.60. The molecule has 0 aliphatic rings. The Bertz CT molecular complexity index is 577. The zero-order valence-electron chi connectivity index (χ0n) is 11.5. The molecule has 0 saturated carbocycles. The van der Waals surface area contributed by atoms with Crippen molar-refractivity contribution in [2.75, 3.05) is 13.7 Å². The highest BCUT2D eigenvalue weighted by molar-refractivity contribution is 5.91. The molecule has 0 unspecified atom stereocenters. The normalized spacial score (nSPS) is 10.1. The Labute approximate surface area is 117 Å². The molecule has 1 amide bonds. The van der Waals surface area contributed by atoms with Crippen LogP contribution in [0.2, 0.25) is 0 Å². The van der Waals surface area contributed by atoms with E-state index in [1.54, 1.807) is 25.3 Å². The number of rotatable bonds is 6. The summed E-state index contributed by atoms with van der Waals surface area (Å²) in [6.07, 6.45) is 0. The quantitative estimate of drug-likeness (QED) is 0.880. The minimum absolute atomic E-state index is 0.222. The molecular weight excluding hydrogens is 258 g/mol. The van der Waals surface area contributed by atoms with Gasteiger partial charge in [-0.3, -0.25) is 4.79 Å². The Morgan fingerprint density at radius 2 is 2.05 bits per heavy atom. The highest BCUT2D eigenvalue weighted by Gasteiger charge is 2.10. The number of hydrogen-bond donors (Lipinski definition) is 1. The second-order valence-electron chi connectivity index (χ2n) is 4.09. The molecule has 1 aromatic carbocycles. The molecule has 1 heterocycles. The van der Waals surface area contributed by atoms with Gasteiger partial charge in [-0.1, -0.05) is 6.07 Å². The molecule has 20 heavy (non-hydrogen) atoms. The molecule has 5 nitrogen and oxygen atoms in total. The van der Waals surface area contributed by atoms with Gasteiger partial charge in [0.2, 0.25) is 0 Å². The maximum Gasteiger partial charge on any atom is 0.286 e. The molecule has 1 N–H and O–H groups in total. The highest BCUT2D eigenvalue weighted by Crippen LogP contribution is 2.20. The van der Waals surface area contributed by atoms with E-state index in [2.05, 4.69) is 5.32 Å². The van der Waals surface area contributed by atoms with Gasteiger partial charge in [0.25, 0.3) is 5.91 Å². The molecule has 0 radical (unpaired) electrons. The van der Waals surface area contributed by atoms with Gasteiger partial charge in [-0.25, -0.2) is 0 Å². The van der Waals surface area contributed by atoms with Gasteiger partial charge in [0.05, 0.1) is 7.11 Å². The van der Waals surface area contributed by atoms with Gasteiger partial charge >= 0.3 is 0 Å². The van der Waals surface area contributed by atoms with Crippen LogP contribution in [0.3, 0.4) is 0 Å². The van der Waals surface area contributed by atoms with Crippen molar-refractivity contribution in [3.8, 4) is 11.5 Å². The zero-order chi connectivity index (χ0) is 14.4. The van der Waals surface area contributed by atoms with Gasteiger partial charge in [-0.2, -0.15) is 0 Å². The third-order valence-electron chi connectivity index (χ3n) is 2.65. The number of nitrogens with one attached hydrogen (secondary N) is 1. The Kier molecular flexibility index (Phi) is 4.65. The van der Waals surface area contributed by atoms with Crippen molar-refractivity contribution in [1.82, 2.24) is 5.32 Å². The van der Waals surface area contributed by atoms with E-state index in [9.17, 15) is 4.79 Å². The van der Waals surface area contributed by atoms with Crippen LogP contribution < -0.4 is 14.8 Å². The summed E-state index contributed by atoms with van der Waals surface area (Å²) in [5.41, 5.74) is 0. The average molecular weight is 275 g/mol. The Morgan fingerprint density at radius 1 is 1.25 bits per heavy atom. The molecule has 0 aliphatic carbocycles. The van der Waals surface area contributed by atoms with Crippen molar-refractivity contribution in [2.45, 2.75) is 13.5 Å². The largest absolute Gasteiger partial charge is 0.497 e. The topological polar surface area (TPSA) is 60.7 Å². The summed E-state index contributed by atoms with van der Waals surface area (Å²) in [5, 5.41) is 2.67. The molecule has 106 valence electrons. The number of ether oxygens (including phenoxy) is 2. The predicted molar refractivity (Wildman–Crippen MR) is 74.0 cm³/mol. The van der Waals surface area contributed by atoms with Gasteiger partial charge in [0, 0.05) is 12.6 Å². The summed E-state index contributed by atoms with van der Waals surface area (Å²) in [5.74, 6) is 2.07. The first-order valence-corrected chi connectivity index (χ1v) is 6.36. The molecule has 0 aliphatic heterocycles. The monoisotopic (exact) mass is 275 g/mol. The van der Waals surface area contributed by atoms with E-state index in [-0.39, 0.29) is 18.3 Å². The number of furan rings is 1. The fourth-order valence-corrected chi connectivity index (χ4v) is 1.67. The molecule has 0 saturated heterocycles. The Balaban J connectivity index is 1.95. The van der Waals surface area contributed by atoms with Gasteiger partial charge < -0.3 is 19.2 Å². The third-order valence-corrected chi connectivity index (χ3v) is 2.65. The Hall–Kier alpha value is -2.43. The van der Waals surface area contributed by atoms with Crippen LogP contribution in [0.5, 0.6) is 11.5 Å². The van der Waals surface area contributed by atoms with Crippen LogP contribution in [-0.4, -0.2) is 19.6 Å². The lowest BCUT2D eigenvalue weighted by Crippen LogP contribution is -2.21. The molecule has 0 atom stereocenters. The molecule has 5 heteroatoms. The fourth-order valence-electron chi connectivity index (χ4n) is 1.67. The predicted octanol–water partition coefficient (Wildman–Crippen LogP) is 2.62. The summed E-state index contributed by atoms with van der Waals surface area (Å²) >= 11 is 0. The van der Waals surface area contributed by atoms with E-state index in [0.29, 0.717) is 18.1 Å². The van der Waals surface area contributed by atoms with E-state index >= 15 is 0 Å². The van der Waals surface area contributed by atoms with E-state index in [4.69, 9.17) is 13.9 Å². The minimum atomic E-state index is -0.222. The third kappa shape index (κ3) is 3.54. The maximum atomic E-state index is 11.6. The van der Waals surface area contributed by atoms with Gasteiger partial charge in [-0.05, 0) is 31.2 Å². The van der Waals surface area contributed by atoms with Crippen LogP contribution in [-0.2, 0) is 6.61 Å². The van der Waals surface area contributed by atoms with Gasteiger partial charge in [0.1, 0.15) is 23.9 Å². The fraction of sp³-hybridized carbons (Fsp3) is 0.267. The van der Waals surface area contributed by atoms with Crippen LogP contribution in [0.4, 0.5) is 0 Å². The maximum absolute atomic E-state index is 11.6. The SMILES string of the molecule is CCNC(=O)c1ccc(COc2cccc(OC)c2)o1. The second kappa shape index (κ2) is 6.65. The lowest BCUT2D eigenvalue weighted by Gasteiger charge is -2.06. The Morgan fingerprint density at radius 3 is 2.80 bits per heavy atom. The molecule has 0 fully saturated rings. The van der Waals surface area contributed by atoms with Crippen molar-refractivity contribution >= 4 is 5.91 Å². The number of carbonyl (C=O) groups excluding carboxylic acids is 1. The minimum Gasteiger partial charge on any atom is -0.497 e.